The highest BCUT2D eigenvalue weighted by Gasteiger charge is 2.28. The fraction of sp³-hybridized carbons (Fsp3) is 0.462. The molecule has 0 aliphatic carbocycles. The van der Waals surface area contributed by atoms with E-state index >= 15 is 0 Å². The van der Waals surface area contributed by atoms with Crippen LogP contribution in [0.2, 0.25) is 0 Å². The Hall–Kier alpha value is -2.36. The van der Waals surface area contributed by atoms with Gasteiger partial charge in [0, 0.05) is 18.9 Å². The lowest BCUT2D eigenvalue weighted by molar-refractivity contribution is -0.142. The van der Waals surface area contributed by atoms with E-state index in [2.05, 4.69) is 20.6 Å². The molecule has 0 saturated carbocycles. The number of aromatic nitrogens is 4. The van der Waals surface area contributed by atoms with Crippen molar-refractivity contribution in [1.82, 2.24) is 20.0 Å². The molecular weight excluding hydrogens is 315 g/mol. The Morgan fingerprint density at radius 2 is 2.35 bits per heavy atom. The van der Waals surface area contributed by atoms with Crippen molar-refractivity contribution in [3.63, 3.8) is 0 Å². The molecule has 0 aromatic carbocycles. The zero-order chi connectivity index (χ0) is 16.4. The van der Waals surface area contributed by atoms with Crippen molar-refractivity contribution in [3.8, 4) is 0 Å². The summed E-state index contributed by atoms with van der Waals surface area (Å²) in [5.74, 6) is -0.359. The van der Waals surface area contributed by atoms with Gasteiger partial charge in [0.05, 0.1) is 11.8 Å². The van der Waals surface area contributed by atoms with Crippen LogP contribution in [0.5, 0.6) is 0 Å². The topological polar surface area (TPSA) is 84.8 Å². The summed E-state index contributed by atoms with van der Waals surface area (Å²) in [7, 11) is 0. The van der Waals surface area contributed by atoms with E-state index in [9.17, 15) is 18.0 Å². The Morgan fingerprint density at radius 1 is 1.52 bits per heavy atom. The van der Waals surface area contributed by atoms with Gasteiger partial charge in [0.1, 0.15) is 6.54 Å². The Bertz CT molecular complexity index is 688. The van der Waals surface area contributed by atoms with Gasteiger partial charge in [-0.05, 0) is 18.9 Å². The molecule has 1 aliphatic rings. The summed E-state index contributed by atoms with van der Waals surface area (Å²) in [6, 6.07) is 2.86. The van der Waals surface area contributed by atoms with Crippen molar-refractivity contribution in [2.24, 2.45) is 0 Å². The Labute approximate surface area is 128 Å². The van der Waals surface area contributed by atoms with Crippen LogP contribution in [0, 0.1) is 0 Å². The van der Waals surface area contributed by atoms with Crippen LogP contribution in [0.25, 0.3) is 0 Å². The van der Waals surface area contributed by atoms with E-state index in [0.29, 0.717) is 11.3 Å². The zero-order valence-corrected chi connectivity index (χ0v) is 11.9. The number of nitrogens with zero attached hydrogens (tertiary/aromatic N) is 3. The predicted molar refractivity (Wildman–Crippen MR) is 72.7 cm³/mol. The third kappa shape index (κ3) is 3.89. The molecule has 7 nitrogen and oxygen atoms in total. The summed E-state index contributed by atoms with van der Waals surface area (Å²) in [5.41, 5.74) is 0.635. The lowest BCUT2D eigenvalue weighted by Gasteiger charge is -2.05. The van der Waals surface area contributed by atoms with Crippen molar-refractivity contribution >= 4 is 11.7 Å². The lowest BCUT2D eigenvalue weighted by Crippen LogP contribution is -2.19. The van der Waals surface area contributed by atoms with Gasteiger partial charge in [-0.15, -0.1) is 0 Å². The minimum absolute atomic E-state index is 0.0702. The second-order valence-electron chi connectivity index (χ2n) is 5.18. The molecule has 124 valence electrons. The number of carbonyl (C=O) groups is 1. The highest BCUT2D eigenvalue weighted by atomic mass is 19.4. The molecule has 3 rings (SSSR count). The van der Waals surface area contributed by atoms with E-state index in [1.807, 2.05) is 0 Å². The standard InChI is InChI=1S/C13H14F3N5O2/c14-13(15,16)7-21-4-3-8(20-21)12(22)17-11-6-9(18-19-11)10-2-1-5-23-10/h3-4,6,10H,1-2,5,7H2,(H2,17,18,19,22). The monoisotopic (exact) mass is 329 g/mol. The Kier molecular flexibility index (Phi) is 4.07. The van der Waals surface area contributed by atoms with Crippen LogP contribution in [0.15, 0.2) is 18.3 Å². The lowest BCUT2D eigenvalue weighted by atomic mass is 10.2. The number of alkyl halides is 3. The normalized spacial score (nSPS) is 18.3. The van der Waals surface area contributed by atoms with Gasteiger partial charge in [-0.2, -0.15) is 23.4 Å². The number of nitrogens with one attached hydrogen (secondary N) is 2. The number of aromatic amines is 1. The van der Waals surface area contributed by atoms with Crippen LogP contribution in [-0.2, 0) is 11.3 Å². The fourth-order valence-corrected chi connectivity index (χ4v) is 2.32. The first kappa shape index (κ1) is 15.5. The molecule has 23 heavy (non-hydrogen) atoms. The van der Waals surface area contributed by atoms with Crippen LogP contribution < -0.4 is 5.32 Å². The molecule has 2 N–H and O–H groups in total. The minimum atomic E-state index is -4.39. The summed E-state index contributed by atoms with van der Waals surface area (Å²) < 4.78 is 42.9. The highest BCUT2D eigenvalue weighted by molar-refractivity contribution is 6.02. The van der Waals surface area contributed by atoms with Crippen LogP contribution in [0.4, 0.5) is 19.0 Å². The van der Waals surface area contributed by atoms with Crippen LogP contribution in [-0.4, -0.2) is 38.7 Å². The van der Waals surface area contributed by atoms with E-state index in [1.54, 1.807) is 6.07 Å². The number of carbonyl (C=O) groups excluding carboxylic acids is 1. The number of rotatable bonds is 4. The largest absolute Gasteiger partial charge is 0.408 e. The summed E-state index contributed by atoms with van der Waals surface area (Å²) in [6.07, 6.45) is -1.53. The van der Waals surface area contributed by atoms with Gasteiger partial charge in [-0.3, -0.25) is 14.6 Å². The second-order valence-corrected chi connectivity index (χ2v) is 5.18. The molecule has 1 atom stereocenters. The van der Waals surface area contributed by atoms with Gasteiger partial charge < -0.3 is 10.1 Å². The number of hydrogen-bond acceptors (Lipinski definition) is 4. The third-order valence-electron chi connectivity index (χ3n) is 3.33. The molecule has 2 aromatic rings. The number of anilines is 1. The molecule has 1 unspecified atom stereocenters. The zero-order valence-electron chi connectivity index (χ0n) is 11.9. The maximum atomic E-state index is 12.3. The Morgan fingerprint density at radius 3 is 3.04 bits per heavy atom. The van der Waals surface area contributed by atoms with Gasteiger partial charge in [0.15, 0.2) is 11.5 Å². The molecule has 0 radical (unpaired) electrons. The highest BCUT2D eigenvalue weighted by Crippen LogP contribution is 2.28. The summed E-state index contributed by atoms with van der Waals surface area (Å²) in [5, 5.41) is 12.8. The summed E-state index contributed by atoms with van der Waals surface area (Å²) in [6.45, 7) is -0.562. The van der Waals surface area contributed by atoms with Crippen LogP contribution >= 0.6 is 0 Å². The molecular formula is C13H14F3N5O2. The van der Waals surface area contributed by atoms with E-state index in [0.717, 1.165) is 24.7 Å². The first-order valence-electron chi connectivity index (χ1n) is 6.99. The summed E-state index contributed by atoms with van der Waals surface area (Å²) >= 11 is 0. The van der Waals surface area contributed by atoms with Crippen molar-refractivity contribution in [3.05, 3.63) is 29.7 Å². The van der Waals surface area contributed by atoms with Crippen molar-refractivity contribution in [1.29, 1.82) is 0 Å². The second kappa shape index (κ2) is 6.03. The van der Waals surface area contributed by atoms with Gasteiger partial charge in [0.25, 0.3) is 5.91 Å². The number of ether oxygens (including phenoxy) is 1. The number of amides is 1. The molecule has 0 bridgehead atoms. The fourth-order valence-electron chi connectivity index (χ4n) is 2.32. The van der Waals surface area contributed by atoms with Crippen LogP contribution in [0.3, 0.4) is 0 Å². The molecule has 1 fully saturated rings. The average molecular weight is 329 g/mol. The third-order valence-corrected chi connectivity index (χ3v) is 3.33. The predicted octanol–water partition coefficient (Wildman–Crippen LogP) is 2.27. The first-order valence-corrected chi connectivity index (χ1v) is 6.99. The SMILES string of the molecule is O=C(Nc1cc(C2CCCO2)[nH]n1)c1ccn(CC(F)(F)F)n1. The minimum Gasteiger partial charge on any atom is -0.372 e. The molecule has 10 heteroatoms. The molecule has 1 amide bonds. The molecule has 2 aromatic heterocycles. The number of H-pyrrole nitrogens is 1. The quantitative estimate of drug-likeness (QED) is 0.901. The average Bonchev–Trinajstić information content (AvgIpc) is 3.16. The van der Waals surface area contributed by atoms with Gasteiger partial charge in [0.2, 0.25) is 0 Å². The molecule has 1 aliphatic heterocycles. The van der Waals surface area contributed by atoms with E-state index in [-0.39, 0.29) is 17.6 Å². The Balaban J connectivity index is 1.63. The summed E-state index contributed by atoms with van der Waals surface area (Å²) in [4.78, 5) is 12.0. The van der Waals surface area contributed by atoms with E-state index in [4.69, 9.17) is 4.74 Å². The number of halogens is 3. The van der Waals surface area contributed by atoms with Gasteiger partial charge in [-0.25, -0.2) is 0 Å². The van der Waals surface area contributed by atoms with Crippen LogP contribution in [0.1, 0.15) is 35.1 Å². The molecule has 3 heterocycles. The van der Waals surface area contributed by atoms with Crippen molar-refractivity contribution < 1.29 is 22.7 Å². The maximum absolute atomic E-state index is 12.3. The van der Waals surface area contributed by atoms with Gasteiger partial charge >= 0.3 is 6.18 Å². The van der Waals surface area contributed by atoms with Crippen molar-refractivity contribution in [2.45, 2.75) is 31.7 Å². The van der Waals surface area contributed by atoms with E-state index in [1.165, 1.54) is 6.07 Å². The van der Waals surface area contributed by atoms with Gasteiger partial charge in [-0.1, -0.05) is 0 Å². The number of hydrogen-bond donors (Lipinski definition) is 2. The molecule has 1 saturated heterocycles. The smallest absolute Gasteiger partial charge is 0.372 e. The van der Waals surface area contributed by atoms with E-state index < -0.39 is 18.6 Å². The molecule has 0 spiro atoms. The maximum Gasteiger partial charge on any atom is 0.408 e. The van der Waals surface area contributed by atoms with Crippen molar-refractivity contribution in [2.75, 3.05) is 11.9 Å². The first-order chi connectivity index (χ1) is 10.9.